The van der Waals surface area contributed by atoms with Gasteiger partial charge >= 0.3 is 0 Å². The number of sulfonamides is 2. The van der Waals surface area contributed by atoms with Gasteiger partial charge in [-0.15, -0.1) is 0 Å². The Morgan fingerprint density at radius 1 is 0.929 bits per heavy atom. The van der Waals surface area contributed by atoms with E-state index in [1.807, 2.05) is 6.07 Å². The third-order valence-electron chi connectivity index (χ3n) is 5.84. The largest absolute Gasteiger partial charge is 0.497 e. The van der Waals surface area contributed by atoms with E-state index in [2.05, 4.69) is 31.2 Å². The maximum atomic E-state index is 13.4. The van der Waals surface area contributed by atoms with Gasteiger partial charge in [0.2, 0.25) is 20.0 Å². The van der Waals surface area contributed by atoms with E-state index < -0.39 is 32.5 Å². The topological polar surface area (TPSA) is 147 Å². The third-order valence-corrected chi connectivity index (χ3v) is 9.59. The molecule has 2 N–H and O–H groups in total. The monoisotopic (exact) mass is 674 g/mol. The van der Waals surface area contributed by atoms with E-state index in [0.717, 1.165) is 8.78 Å². The van der Waals surface area contributed by atoms with Crippen molar-refractivity contribution >= 4 is 48.1 Å². The maximum Gasteiger partial charge on any atom is 0.255 e. The number of amides is 1. The standard InChI is InChI=1S/C28H27BrN4O7S2/c1-39-23-11-15-27(16-12-23)42(37,38)33(19-21-5-3-2-4-6-21)20-28(34)32-30-17-24-9-10-25(40-24)18-31-41(35,36)26-13-7-22(29)8-14-26/h2-17,31H,18-20H2,1H3,(H,32,34)/b30-17-. The maximum absolute atomic E-state index is 13.4. The Hall–Kier alpha value is -3.82. The molecule has 14 heteroatoms. The first-order valence-electron chi connectivity index (χ1n) is 12.4. The number of carbonyl (C=O) groups is 1. The molecule has 4 rings (SSSR count). The number of nitrogens with one attached hydrogen (secondary N) is 2. The van der Waals surface area contributed by atoms with E-state index >= 15 is 0 Å². The van der Waals surface area contributed by atoms with Gasteiger partial charge in [-0.1, -0.05) is 46.3 Å². The van der Waals surface area contributed by atoms with Gasteiger partial charge in [0.05, 0.1) is 36.2 Å². The fourth-order valence-electron chi connectivity index (χ4n) is 3.70. The Morgan fingerprint density at radius 3 is 2.26 bits per heavy atom. The summed E-state index contributed by atoms with van der Waals surface area (Å²) in [4.78, 5) is 12.8. The Kier molecular flexibility index (Phi) is 10.3. The molecule has 1 aromatic heterocycles. The third kappa shape index (κ3) is 8.36. The second-order valence-electron chi connectivity index (χ2n) is 8.81. The lowest BCUT2D eigenvalue weighted by Gasteiger charge is -2.21. The van der Waals surface area contributed by atoms with Crippen molar-refractivity contribution in [3.05, 3.63) is 113 Å². The molecule has 4 aromatic rings. The molecule has 0 aliphatic rings. The summed E-state index contributed by atoms with van der Waals surface area (Å²) >= 11 is 3.27. The molecular formula is C28H27BrN4O7S2. The van der Waals surface area contributed by atoms with Crippen LogP contribution >= 0.6 is 15.9 Å². The van der Waals surface area contributed by atoms with E-state index in [1.165, 1.54) is 49.7 Å². The number of rotatable bonds is 13. The van der Waals surface area contributed by atoms with Crippen LogP contribution in [-0.4, -0.2) is 46.9 Å². The van der Waals surface area contributed by atoms with Crippen molar-refractivity contribution in [2.45, 2.75) is 22.9 Å². The molecule has 0 atom stereocenters. The lowest BCUT2D eigenvalue weighted by Crippen LogP contribution is -2.39. The van der Waals surface area contributed by atoms with Gasteiger partial charge < -0.3 is 9.15 Å². The molecule has 0 radical (unpaired) electrons. The van der Waals surface area contributed by atoms with Crippen LogP contribution in [0.2, 0.25) is 0 Å². The first-order valence-corrected chi connectivity index (χ1v) is 16.1. The van der Waals surface area contributed by atoms with Crippen LogP contribution in [0.3, 0.4) is 0 Å². The molecule has 0 unspecified atom stereocenters. The van der Waals surface area contributed by atoms with Gasteiger partial charge in [0, 0.05) is 11.0 Å². The highest BCUT2D eigenvalue weighted by Gasteiger charge is 2.27. The summed E-state index contributed by atoms with van der Waals surface area (Å²) in [5.74, 6) is 0.398. The minimum atomic E-state index is -4.05. The Bertz CT molecular complexity index is 1740. The van der Waals surface area contributed by atoms with Gasteiger partial charge in [0.1, 0.15) is 17.3 Å². The molecule has 1 amide bonds. The van der Waals surface area contributed by atoms with Gasteiger partial charge in [-0.05, 0) is 66.2 Å². The van der Waals surface area contributed by atoms with Crippen LogP contribution < -0.4 is 14.9 Å². The lowest BCUT2D eigenvalue weighted by molar-refractivity contribution is -0.121. The molecule has 42 heavy (non-hydrogen) atoms. The van der Waals surface area contributed by atoms with Crippen LogP contribution in [0, 0.1) is 0 Å². The predicted molar refractivity (Wildman–Crippen MR) is 160 cm³/mol. The summed E-state index contributed by atoms with van der Waals surface area (Å²) in [6.07, 6.45) is 1.23. The zero-order valence-corrected chi connectivity index (χ0v) is 25.5. The van der Waals surface area contributed by atoms with E-state index in [-0.39, 0.29) is 28.6 Å². The van der Waals surface area contributed by atoms with Gasteiger partial charge in [0.15, 0.2) is 0 Å². The molecule has 0 spiro atoms. The first-order chi connectivity index (χ1) is 20.1. The zero-order valence-electron chi connectivity index (χ0n) is 22.3. The molecule has 0 saturated heterocycles. The van der Waals surface area contributed by atoms with Gasteiger partial charge in [0.25, 0.3) is 5.91 Å². The minimum Gasteiger partial charge on any atom is -0.497 e. The van der Waals surface area contributed by atoms with E-state index in [0.29, 0.717) is 17.1 Å². The molecule has 0 fully saturated rings. The van der Waals surface area contributed by atoms with Crippen molar-refractivity contribution in [1.29, 1.82) is 0 Å². The van der Waals surface area contributed by atoms with E-state index in [9.17, 15) is 21.6 Å². The molecule has 0 bridgehead atoms. The van der Waals surface area contributed by atoms with Crippen LogP contribution in [-0.2, 0) is 37.9 Å². The molecular weight excluding hydrogens is 648 g/mol. The number of hydrogen-bond donors (Lipinski definition) is 2. The zero-order chi connectivity index (χ0) is 30.2. The summed E-state index contributed by atoms with van der Waals surface area (Å²) in [6, 6.07) is 24.1. The molecule has 220 valence electrons. The Morgan fingerprint density at radius 2 is 1.60 bits per heavy atom. The summed E-state index contributed by atoms with van der Waals surface area (Å²) in [5.41, 5.74) is 3.01. The number of furan rings is 1. The highest BCUT2D eigenvalue weighted by atomic mass is 79.9. The van der Waals surface area contributed by atoms with Crippen LogP contribution in [0.5, 0.6) is 5.75 Å². The van der Waals surface area contributed by atoms with Crippen molar-refractivity contribution in [3.8, 4) is 5.75 Å². The van der Waals surface area contributed by atoms with Crippen molar-refractivity contribution in [2.75, 3.05) is 13.7 Å². The Labute approximate surface area is 252 Å². The molecule has 1 heterocycles. The number of nitrogens with zero attached hydrogens (tertiary/aromatic N) is 2. The number of ether oxygens (including phenoxy) is 1. The van der Waals surface area contributed by atoms with Crippen molar-refractivity contribution < 1.29 is 30.8 Å². The summed E-state index contributed by atoms with van der Waals surface area (Å²) in [5, 5.41) is 3.86. The van der Waals surface area contributed by atoms with Crippen molar-refractivity contribution in [3.63, 3.8) is 0 Å². The smallest absolute Gasteiger partial charge is 0.255 e. The molecule has 0 aliphatic carbocycles. The van der Waals surface area contributed by atoms with Crippen molar-refractivity contribution in [2.24, 2.45) is 5.10 Å². The number of benzene rings is 3. The van der Waals surface area contributed by atoms with Gasteiger partial charge in [-0.3, -0.25) is 4.79 Å². The van der Waals surface area contributed by atoms with E-state index in [4.69, 9.17) is 9.15 Å². The van der Waals surface area contributed by atoms with Crippen molar-refractivity contribution in [1.82, 2.24) is 14.5 Å². The fourth-order valence-corrected chi connectivity index (χ4v) is 6.34. The molecule has 0 aliphatic heterocycles. The number of methoxy groups -OCH3 is 1. The lowest BCUT2D eigenvalue weighted by atomic mass is 10.2. The number of carbonyl (C=O) groups excluding carboxylic acids is 1. The molecule has 0 saturated carbocycles. The fraction of sp³-hybridized carbons (Fsp3) is 0.143. The Balaban J connectivity index is 1.38. The second-order valence-corrected chi connectivity index (χ2v) is 13.4. The number of hydrogen-bond acceptors (Lipinski definition) is 8. The second kappa shape index (κ2) is 13.9. The first kappa shape index (κ1) is 31.1. The van der Waals surface area contributed by atoms with Crippen LogP contribution in [0.15, 0.2) is 115 Å². The highest BCUT2D eigenvalue weighted by molar-refractivity contribution is 9.10. The quantitative estimate of drug-likeness (QED) is 0.162. The van der Waals surface area contributed by atoms with Gasteiger partial charge in [-0.25, -0.2) is 27.0 Å². The average molecular weight is 676 g/mol. The van der Waals surface area contributed by atoms with Crippen LogP contribution in [0.25, 0.3) is 0 Å². The average Bonchev–Trinajstić information content (AvgIpc) is 3.44. The van der Waals surface area contributed by atoms with Crippen LogP contribution in [0.1, 0.15) is 17.1 Å². The van der Waals surface area contributed by atoms with E-state index in [1.54, 1.807) is 48.5 Å². The summed E-state index contributed by atoms with van der Waals surface area (Å²) < 4.78 is 66.7. The number of hydrazone groups is 1. The predicted octanol–water partition coefficient (Wildman–Crippen LogP) is 3.87. The SMILES string of the molecule is COc1ccc(S(=O)(=O)N(CC(=O)N/N=C\c2ccc(CNS(=O)(=O)c3ccc(Br)cc3)o2)Cc2ccccc2)cc1. The highest BCUT2D eigenvalue weighted by Crippen LogP contribution is 2.21. The summed E-state index contributed by atoms with van der Waals surface area (Å²) in [7, 11) is -6.31. The summed E-state index contributed by atoms with van der Waals surface area (Å²) in [6.45, 7) is -0.637. The minimum absolute atomic E-state index is 0.00871. The number of halogens is 1. The normalized spacial score (nSPS) is 12.1. The molecule has 11 nitrogen and oxygen atoms in total. The van der Waals surface area contributed by atoms with Crippen LogP contribution in [0.4, 0.5) is 0 Å². The molecule has 3 aromatic carbocycles. The van der Waals surface area contributed by atoms with Gasteiger partial charge in [-0.2, -0.15) is 9.41 Å².